The van der Waals surface area contributed by atoms with Crippen molar-refractivity contribution in [2.45, 2.75) is 6.42 Å². The van der Waals surface area contributed by atoms with E-state index in [0.717, 1.165) is 0 Å². The molecule has 0 radical (unpaired) electrons. The molecule has 1 heterocycles. The van der Waals surface area contributed by atoms with Gasteiger partial charge in [-0.25, -0.2) is 9.37 Å². The largest absolute Gasteiger partial charge is 0.492 e. The number of carbonyl (C=O) groups excluding carboxylic acids is 1. The van der Waals surface area contributed by atoms with Crippen LogP contribution in [-0.2, 0) is 4.74 Å². The molecular formula is C17H14Cl2FN3O3. The van der Waals surface area contributed by atoms with Crippen LogP contribution in [0.5, 0.6) is 5.75 Å². The first-order valence-corrected chi connectivity index (χ1v) is 8.12. The summed E-state index contributed by atoms with van der Waals surface area (Å²) in [7, 11) is 1.28. The van der Waals surface area contributed by atoms with Crippen molar-refractivity contribution in [1.29, 1.82) is 5.26 Å². The Kier molecular flexibility index (Phi) is 6.75. The lowest BCUT2D eigenvalue weighted by Crippen LogP contribution is -2.13. The van der Waals surface area contributed by atoms with E-state index in [-0.39, 0.29) is 58.1 Å². The summed E-state index contributed by atoms with van der Waals surface area (Å²) in [5.74, 6) is -1.42. The standard InChI is InChI=1S/C17H14Cl2FN3O3/c1-25-17-10(18)4-3-9(15(17)20)12-7-11(22)14(19)16(23-12)13(24)8-26-6-2-5-21/h3-4,7H,2,6,8H2,1H3,(H2,22,23). The highest BCUT2D eigenvalue weighted by molar-refractivity contribution is 6.36. The number of halogens is 3. The smallest absolute Gasteiger partial charge is 0.208 e. The van der Waals surface area contributed by atoms with Gasteiger partial charge < -0.3 is 15.2 Å². The molecule has 0 saturated heterocycles. The summed E-state index contributed by atoms with van der Waals surface area (Å²) < 4.78 is 24.6. The summed E-state index contributed by atoms with van der Waals surface area (Å²) in [6.45, 7) is -0.234. The first kappa shape index (κ1) is 19.9. The number of nitrogen functional groups attached to an aromatic ring is 1. The third-order valence-electron chi connectivity index (χ3n) is 3.37. The topological polar surface area (TPSA) is 98.2 Å². The van der Waals surface area contributed by atoms with E-state index in [2.05, 4.69) is 4.98 Å². The lowest BCUT2D eigenvalue weighted by atomic mass is 10.1. The molecule has 0 atom stereocenters. The van der Waals surface area contributed by atoms with Crippen LogP contribution < -0.4 is 10.5 Å². The summed E-state index contributed by atoms with van der Waals surface area (Å²) in [4.78, 5) is 16.4. The number of anilines is 1. The highest BCUT2D eigenvalue weighted by Crippen LogP contribution is 2.36. The number of nitrogens with two attached hydrogens (primary N) is 1. The fraction of sp³-hybridized carbons (Fsp3) is 0.235. The fourth-order valence-corrected chi connectivity index (χ4v) is 2.57. The van der Waals surface area contributed by atoms with Gasteiger partial charge in [0.2, 0.25) is 5.78 Å². The van der Waals surface area contributed by atoms with Crippen molar-refractivity contribution < 1.29 is 18.7 Å². The summed E-state index contributed by atoms with van der Waals surface area (Å²) in [6.07, 6.45) is 0.145. The number of carbonyl (C=O) groups is 1. The molecule has 0 aliphatic carbocycles. The fourth-order valence-electron chi connectivity index (χ4n) is 2.14. The Bertz CT molecular complexity index is 885. The van der Waals surface area contributed by atoms with Gasteiger partial charge in [0.25, 0.3) is 0 Å². The van der Waals surface area contributed by atoms with E-state index in [9.17, 15) is 9.18 Å². The van der Waals surface area contributed by atoms with Gasteiger partial charge in [-0.15, -0.1) is 0 Å². The van der Waals surface area contributed by atoms with Gasteiger partial charge in [0.1, 0.15) is 12.3 Å². The first-order valence-electron chi connectivity index (χ1n) is 7.37. The minimum atomic E-state index is -0.738. The van der Waals surface area contributed by atoms with Gasteiger partial charge in [-0.05, 0) is 18.2 Å². The number of aromatic nitrogens is 1. The normalized spacial score (nSPS) is 10.4. The summed E-state index contributed by atoms with van der Waals surface area (Å²) in [6, 6.07) is 6.08. The molecule has 0 unspecified atom stereocenters. The molecule has 1 aromatic heterocycles. The maximum absolute atomic E-state index is 14.6. The van der Waals surface area contributed by atoms with Crippen molar-refractivity contribution in [1.82, 2.24) is 4.98 Å². The predicted molar refractivity (Wildman–Crippen MR) is 96.0 cm³/mol. The number of ketones is 1. The van der Waals surface area contributed by atoms with Gasteiger partial charge >= 0.3 is 0 Å². The predicted octanol–water partition coefficient (Wildman–Crippen LogP) is 3.90. The second-order valence-electron chi connectivity index (χ2n) is 5.09. The molecule has 0 amide bonds. The molecule has 0 bridgehead atoms. The van der Waals surface area contributed by atoms with Gasteiger partial charge in [-0.3, -0.25) is 4.79 Å². The van der Waals surface area contributed by atoms with E-state index in [0.29, 0.717) is 0 Å². The average Bonchev–Trinajstić information content (AvgIpc) is 2.61. The number of hydrogen-bond acceptors (Lipinski definition) is 6. The van der Waals surface area contributed by atoms with Crippen LogP contribution >= 0.6 is 23.2 Å². The van der Waals surface area contributed by atoms with Gasteiger partial charge in [-0.1, -0.05) is 23.2 Å². The number of rotatable bonds is 7. The van der Waals surface area contributed by atoms with E-state index in [1.165, 1.54) is 25.3 Å². The van der Waals surface area contributed by atoms with E-state index < -0.39 is 11.6 Å². The molecule has 2 rings (SSSR count). The second kappa shape index (κ2) is 8.81. The maximum atomic E-state index is 14.6. The molecule has 0 fully saturated rings. The molecule has 0 aliphatic heterocycles. The Morgan fingerprint density at radius 2 is 2.15 bits per heavy atom. The van der Waals surface area contributed by atoms with Gasteiger partial charge in [0, 0.05) is 5.56 Å². The highest BCUT2D eigenvalue weighted by Gasteiger charge is 2.21. The zero-order valence-corrected chi connectivity index (χ0v) is 15.2. The quantitative estimate of drug-likeness (QED) is 0.561. The van der Waals surface area contributed by atoms with Crippen LogP contribution in [0.1, 0.15) is 16.9 Å². The Morgan fingerprint density at radius 1 is 1.42 bits per heavy atom. The molecule has 0 spiro atoms. The third kappa shape index (κ3) is 4.22. The van der Waals surface area contributed by atoms with Crippen molar-refractivity contribution in [3.05, 3.63) is 39.8 Å². The van der Waals surface area contributed by atoms with Crippen molar-refractivity contribution in [2.24, 2.45) is 0 Å². The molecule has 9 heteroatoms. The SMILES string of the molecule is COc1c(Cl)ccc(-c2cc(N)c(Cl)c(C(=O)COCCC#N)n2)c1F. The molecule has 136 valence electrons. The zero-order valence-electron chi connectivity index (χ0n) is 13.7. The van der Waals surface area contributed by atoms with Gasteiger partial charge in [0.15, 0.2) is 11.6 Å². The lowest BCUT2D eigenvalue weighted by molar-refractivity contribution is 0.0765. The molecule has 0 saturated carbocycles. The van der Waals surface area contributed by atoms with Crippen LogP contribution in [-0.4, -0.2) is 31.1 Å². The minimum Gasteiger partial charge on any atom is -0.492 e. The monoisotopic (exact) mass is 397 g/mol. The van der Waals surface area contributed by atoms with Crippen molar-refractivity contribution in [3.63, 3.8) is 0 Å². The number of nitrogens with zero attached hydrogens (tertiary/aromatic N) is 2. The van der Waals surface area contributed by atoms with E-state index >= 15 is 0 Å². The second-order valence-corrected chi connectivity index (χ2v) is 5.87. The van der Waals surface area contributed by atoms with Crippen molar-refractivity contribution in [2.75, 3.05) is 26.1 Å². The number of Topliss-reactive ketones (excluding diaryl/α,β-unsaturated/α-hetero) is 1. The maximum Gasteiger partial charge on any atom is 0.208 e. The number of benzene rings is 1. The third-order valence-corrected chi connectivity index (χ3v) is 4.07. The zero-order chi connectivity index (χ0) is 19.3. The number of nitriles is 1. The lowest BCUT2D eigenvalue weighted by Gasteiger charge is -2.12. The minimum absolute atomic E-state index is 0.0501. The molecule has 2 aromatic rings. The van der Waals surface area contributed by atoms with Crippen molar-refractivity contribution in [3.8, 4) is 23.1 Å². The van der Waals surface area contributed by atoms with Crippen LogP contribution in [0.25, 0.3) is 11.3 Å². The molecule has 2 N–H and O–H groups in total. The number of ether oxygens (including phenoxy) is 2. The molecule has 6 nitrogen and oxygen atoms in total. The van der Waals surface area contributed by atoms with Crippen LogP contribution in [0.3, 0.4) is 0 Å². The number of methoxy groups -OCH3 is 1. The Balaban J connectivity index is 2.42. The van der Waals surface area contributed by atoms with Crippen LogP contribution in [0.4, 0.5) is 10.1 Å². The Hall–Kier alpha value is -2.40. The average molecular weight is 398 g/mol. The molecule has 26 heavy (non-hydrogen) atoms. The van der Waals surface area contributed by atoms with Gasteiger partial charge in [-0.2, -0.15) is 5.26 Å². The first-order chi connectivity index (χ1) is 12.4. The molecular weight excluding hydrogens is 384 g/mol. The summed E-state index contributed by atoms with van der Waals surface area (Å²) in [5, 5.41) is 8.50. The van der Waals surface area contributed by atoms with Crippen LogP contribution in [0, 0.1) is 17.1 Å². The Morgan fingerprint density at radius 3 is 2.81 bits per heavy atom. The highest BCUT2D eigenvalue weighted by atomic mass is 35.5. The van der Waals surface area contributed by atoms with Crippen LogP contribution in [0.2, 0.25) is 10.0 Å². The van der Waals surface area contributed by atoms with Gasteiger partial charge in [0.05, 0.1) is 47.6 Å². The van der Waals surface area contributed by atoms with E-state index in [1.807, 2.05) is 6.07 Å². The summed E-state index contributed by atoms with van der Waals surface area (Å²) in [5.41, 5.74) is 5.90. The van der Waals surface area contributed by atoms with E-state index in [4.69, 9.17) is 43.7 Å². The summed E-state index contributed by atoms with van der Waals surface area (Å²) >= 11 is 11.9. The molecule has 1 aromatic carbocycles. The number of hydrogen-bond donors (Lipinski definition) is 1. The molecule has 0 aliphatic rings. The number of pyridine rings is 1. The van der Waals surface area contributed by atoms with Crippen molar-refractivity contribution >= 4 is 34.7 Å². The van der Waals surface area contributed by atoms with E-state index in [1.54, 1.807) is 0 Å². The van der Waals surface area contributed by atoms with Crippen LogP contribution in [0.15, 0.2) is 18.2 Å². The Labute approximate surface area is 159 Å².